The first kappa shape index (κ1) is 18.3. The molecule has 0 aliphatic carbocycles. The van der Waals surface area contributed by atoms with Crippen LogP contribution in [0.25, 0.3) is 22.4 Å². The highest BCUT2D eigenvalue weighted by Crippen LogP contribution is 2.27. The number of carbonyl (C=O) groups is 1. The summed E-state index contributed by atoms with van der Waals surface area (Å²) >= 11 is 1.62. The fourth-order valence-corrected chi connectivity index (χ4v) is 3.63. The maximum atomic E-state index is 13.0. The summed E-state index contributed by atoms with van der Waals surface area (Å²) in [6, 6.07) is 9.49. The summed E-state index contributed by atoms with van der Waals surface area (Å²) in [7, 11) is 0. The molecule has 1 N–H and O–H groups in total. The van der Waals surface area contributed by atoms with Gasteiger partial charge in [0.1, 0.15) is 0 Å². The molecule has 0 fully saturated rings. The molecule has 7 heteroatoms. The molecule has 0 saturated carbocycles. The van der Waals surface area contributed by atoms with E-state index >= 15 is 0 Å². The number of rotatable bonds is 4. The molecule has 1 amide bonds. The van der Waals surface area contributed by atoms with Gasteiger partial charge in [0.05, 0.1) is 27.3 Å². The highest BCUT2D eigenvalue weighted by molar-refractivity contribution is 7.09. The van der Waals surface area contributed by atoms with Crippen LogP contribution in [0, 0.1) is 13.8 Å². The van der Waals surface area contributed by atoms with E-state index in [1.165, 1.54) is 0 Å². The zero-order valence-electron chi connectivity index (χ0n) is 16.1. The average Bonchev–Trinajstić information content (AvgIpc) is 3.27. The molecule has 3 aromatic heterocycles. The van der Waals surface area contributed by atoms with Gasteiger partial charge in [-0.1, -0.05) is 31.1 Å². The standard InChI is InChI=1S/C21H20N4O2S/c1-11(2)17-9-16(19-12(3)25-27-21(19)24-17)20(26)23-15-7-5-14(6-8-15)18-10-28-13(4)22-18/h5-11H,1-4H3,(H,23,26). The number of anilines is 1. The normalized spacial score (nSPS) is 11.3. The predicted molar refractivity (Wildman–Crippen MR) is 111 cm³/mol. The van der Waals surface area contributed by atoms with Crippen LogP contribution in [0.15, 0.2) is 40.2 Å². The van der Waals surface area contributed by atoms with Crippen LogP contribution >= 0.6 is 11.3 Å². The Hall–Kier alpha value is -3.06. The number of nitrogens with zero attached hydrogens (tertiary/aromatic N) is 3. The third-order valence-corrected chi connectivity index (χ3v) is 5.30. The summed E-state index contributed by atoms with van der Waals surface area (Å²) in [6.07, 6.45) is 0. The van der Waals surface area contributed by atoms with E-state index in [4.69, 9.17) is 4.52 Å². The number of amides is 1. The van der Waals surface area contributed by atoms with Crippen LogP contribution in [0.2, 0.25) is 0 Å². The van der Waals surface area contributed by atoms with Crippen molar-refractivity contribution in [2.45, 2.75) is 33.6 Å². The van der Waals surface area contributed by atoms with Crippen LogP contribution in [-0.4, -0.2) is 21.0 Å². The van der Waals surface area contributed by atoms with Crippen molar-refractivity contribution in [2.75, 3.05) is 5.32 Å². The molecule has 0 radical (unpaired) electrons. The van der Waals surface area contributed by atoms with Crippen LogP contribution in [0.4, 0.5) is 5.69 Å². The van der Waals surface area contributed by atoms with Gasteiger partial charge in [0.15, 0.2) is 0 Å². The number of carbonyl (C=O) groups excluding carboxylic acids is 1. The van der Waals surface area contributed by atoms with Crippen molar-refractivity contribution in [3.63, 3.8) is 0 Å². The Balaban J connectivity index is 1.64. The number of aromatic nitrogens is 3. The zero-order valence-corrected chi connectivity index (χ0v) is 16.9. The number of aryl methyl sites for hydroxylation is 2. The summed E-state index contributed by atoms with van der Waals surface area (Å²) in [6.45, 7) is 7.84. The molecular formula is C21H20N4O2S. The van der Waals surface area contributed by atoms with Crippen LogP contribution in [-0.2, 0) is 0 Å². The molecule has 0 aliphatic heterocycles. The second kappa shape index (κ2) is 7.16. The van der Waals surface area contributed by atoms with Gasteiger partial charge in [-0.25, -0.2) is 9.97 Å². The molecule has 4 rings (SSSR count). The van der Waals surface area contributed by atoms with Gasteiger partial charge in [-0.15, -0.1) is 11.3 Å². The Labute approximate surface area is 166 Å². The van der Waals surface area contributed by atoms with Crippen molar-refractivity contribution < 1.29 is 9.32 Å². The summed E-state index contributed by atoms with van der Waals surface area (Å²) in [5.41, 5.74) is 5.03. The highest BCUT2D eigenvalue weighted by atomic mass is 32.1. The van der Waals surface area contributed by atoms with Gasteiger partial charge in [-0.2, -0.15) is 0 Å². The number of hydrogen-bond acceptors (Lipinski definition) is 6. The minimum atomic E-state index is -0.210. The van der Waals surface area contributed by atoms with Gasteiger partial charge in [-0.05, 0) is 38.0 Å². The van der Waals surface area contributed by atoms with Gasteiger partial charge in [0.2, 0.25) is 0 Å². The Morgan fingerprint density at radius 2 is 1.89 bits per heavy atom. The van der Waals surface area contributed by atoms with Crippen LogP contribution in [0.5, 0.6) is 0 Å². The quantitative estimate of drug-likeness (QED) is 0.507. The molecule has 6 nitrogen and oxygen atoms in total. The molecule has 0 aliphatic rings. The minimum Gasteiger partial charge on any atom is -0.336 e. The minimum absolute atomic E-state index is 0.169. The molecule has 0 bridgehead atoms. The molecule has 0 atom stereocenters. The van der Waals surface area contributed by atoms with Crippen LogP contribution in [0.1, 0.15) is 46.5 Å². The Bertz CT molecular complexity index is 1160. The van der Waals surface area contributed by atoms with E-state index in [1.807, 2.05) is 63.4 Å². The van der Waals surface area contributed by atoms with E-state index in [9.17, 15) is 4.79 Å². The van der Waals surface area contributed by atoms with E-state index in [0.29, 0.717) is 28.0 Å². The molecule has 142 valence electrons. The van der Waals surface area contributed by atoms with Crippen molar-refractivity contribution in [1.82, 2.24) is 15.1 Å². The number of benzene rings is 1. The summed E-state index contributed by atoms with van der Waals surface area (Å²) < 4.78 is 5.30. The first-order chi connectivity index (χ1) is 13.4. The topological polar surface area (TPSA) is 80.9 Å². The number of nitrogens with one attached hydrogen (secondary N) is 1. The van der Waals surface area contributed by atoms with Gasteiger partial charge in [0.25, 0.3) is 11.6 Å². The summed E-state index contributed by atoms with van der Waals surface area (Å²) in [5.74, 6) is -0.0416. The van der Waals surface area contributed by atoms with Crippen LogP contribution in [0.3, 0.4) is 0 Å². The van der Waals surface area contributed by atoms with Crippen molar-refractivity contribution in [1.29, 1.82) is 0 Å². The van der Waals surface area contributed by atoms with Gasteiger partial charge < -0.3 is 9.84 Å². The smallest absolute Gasteiger partial charge is 0.259 e. The summed E-state index contributed by atoms with van der Waals surface area (Å²) in [5, 5.41) is 10.6. The molecule has 0 spiro atoms. The van der Waals surface area contributed by atoms with E-state index in [0.717, 1.165) is 22.0 Å². The number of pyridine rings is 1. The number of hydrogen-bond donors (Lipinski definition) is 1. The first-order valence-electron chi connectivity index (χ1n) is 9.03. The molecule has 28 heavy (non-hydrogen) atoms. The molecule has 4 aromatic rings. The lowest BCUT2D eigenvalue weighted by atomic mass is 10.0. The van der Waals surface area contributed by atoms with Crippen molar-refractivity contribution in [2.24, 2.45) is 0 Å². The molecule has 3 heterocycles. The van der Waals surface area contributed by atoms with Crippen molar-refractivity contribution in [3.05, 3.63) is 57.7 Å². The van der Waals surface area contributed by atoms with Crippen LogP contribution < -0.4 is 5.32 Å². The van der Waals surface area contributed by atoms with E-state index < -0.39 is 0 Å². The first-order valence-corrected chi connectivity index (χ1v) is 9.91. The van der Waals surface area contributed by atoms with Gasteiger partial charge in [0, 0.05) is 22.3 Å². The molecule has 1 aromatic carbocycles. The van der Waals surface area contributed by atoms with E-state index in [2.05, 4.69) is 20.4 Å². The van der Waals surface area contributed by atoms with Gasteiger partial charge >= 0.3 is 0 Å². The van der Waals surface area contributed by atoms with Crippen molar-refractivity contribution >= 4 is 34.0 Å². The Kier molecular flexibility index (Phi) is 4.68. The predicted octanol–water partition coefficient (Wildman–Crippen LogP) is 5.34. The second-order valence-corrected chi connectivity index (χ2v) is 8.04. The lowest BCUT2D eigenvalue weighted by Crippen LogP contribution is -2.13. The fourth-order valence-electron chi connectivity index (χ4n) is 3.01. The largest absolute Gasteiger partial charge is 0.336 e. The average molecular weight is 392 g/mol. The lowest BCUT2D eigenvalue weighted by molar-refractivity contribution is 0.102. The molecule has 0 unspecified atom stereocenters. The maximum absolute atomic E-state index is 13.0. The Morgan fingerprint density at radius 3 is 2.54 bits per heavy atom. The van der Waals surface area contributed by atoms with E-state index in [1.54, 1.807) is 11.3 Å². The molecular weight excluding hydrogens is 372 g/mol. The highest BCUT2D eigenvalue weighted by Gasteiger charge is 2.20. The lowest BCUT2D eigenvalue weighted by Gasteiger charge is -2.10. The zero-order chi connectivity index (χ0) is 19.8. The third-order valence-electron chi connectivity index (χ3n) is 4.53. The second-order valence-electron chi connectivity index (χ2n) is 6.98. The monoisotopic (exact) mass is 392 g/mol. The van der Waals surface area contributed by atoms with Crippen molar-refractivity contribution in [3.8, 4) is 11.3 Å². The Morgan fingerprint density at radius 1 is 1.14 bits per heavy atom. The van der Waals surface area contributed by atoms with Gasteiger partial charge in [-0.3, -0.25) is 4.79 Å². The third kappa shape index (κ3) is 3.41. The SMILES string of the molecule is Cc1nc(-c2ccc(NC(=O)c3cc(C(C)C)nc4onc(C)c34)cc2)cs1. The number of fused-ring (bicyclic) bond motifs is 1. The maximum Gasteiger partial charge on any atom is 0.259 e. The summed E-state index contributed by atoms with van der Waals surface area (Å²) in [4.78, 5) is 22.0. The molecule has 0 saturated heterocycles. The van der Waals surface area contributed by atoms with E-state index in [-0.39, 0.29) is 11.8 Å². The fraction of sp³-hybridized carbons (Fsp3) is 0.238. The number of thiazole rings is 1.